The third-order valence-electron chi connectivity index (χ3n) is 2.58. The van der Waals surface area contributed by atoms with Crippen molar-refractivity contribution in [2.45, 2.75) is 32.3 Å². The second kappa shape index (κ2) is 4.75. The minimum Gasteiger partial charge on any atom is -0.388 e. The van der Waals surface area contributed by atoms with Gasteiger partial charge in [-0.2, -0.15) is 0 Å². The van der Waals surface area contributed by atoms with E-state index in [9.17, 15) is 9.90 Å². The molecule has 0 bridgehead atoms. The highest BCUT2D eigenvalue weighted by molar-refractivity contribution is 5.80. The molecule has 1 aliphatic rings. The van der Waals surface area contributed by atoms with Gasteiger partial charge in [-0.3, -0.25) is 4.79 Å². The van der Waals surface area contributed by atoms with E-state index < -0.39 is 5.60 Å². The third kappa shape index (κ3) is 3.27. The quantitative estimate of drug-likeness (QED) is 0.579. The van der Waals surface area contributed by atoms with E-state index in [2.05, 4.69) is 10.6 Å². The van der Waals surface area contributed by atoms with Gasteiger partial charge < -0.3 is 15.7 Å². The molecule has 0 aliphatic carbocycles. The number of aliphatic hydroxyl groups is 1. The zero-order valence-corrected chi connectivity index (χ0v) is 8.97. The van der Waals surface area contributed by atoms with Crippen LogP contribution in [0, 0.1) is 5.92 Å². The van der Waals surface area contributed by atoms with Gasteiger partial charge in [0.2, 0.25) is 5.91 Å². The van der Waals surface area contributed by atoms with E-state index in [0.29, 0.717) is 6.54 Å². The molecule has 0 radical (unpaired) electrons. The van der Waals surface area contributed by atoms with Crippen LogP contribution in [0.1, 0.15) is 26.7 Å². The van der Waals surface area contributed by atoms with E-state index >= 15 is 0 Å². The van der Waals surface area contributed by atoms with Crippen molar-refractivity contribution in [3.63, 3.8) is 0 Å². The summed E-state index contributed by atoms with van der Waals surface area (Å²) in [5, 5.41) is 15.6. The van der Waals surface area contributed by atoms with Gasteiger partial charge in [0.25, 0.3) is 0 Å². The minimum absolute atomic E-state index is 0.0557. The molecule has 3 N–H and O–H groups in total. The molecule has 1 unspecified atom stereocenters. The first-order valence-electron chi connectivity index (χ1n) is 5.26. The zero-order chi connectivity index (χ0) is 10.6. The molecule has 1 aliphatic heterocycles. The summed E-state index contributed by atoms with van der Waals surface area (Å²) in [6.07, 6.45) is 1.64. The Kier molecular flexibility index (Phi) is 3.89. The highest BCUT2D eigenvalue weighted by Crippen LogP contribution is 2.10. The predicted octanol–water partition coefficient (Wildman–Crippen LogP) is -0.127. The summed E-state index contributed by atoms with van der Waals surface area (Å²) in [7, 11) is 0. The van der Waals surface area contributed by atoms with Gasteiger partial charge in [0.1, 0.15) is 0 Å². The number of nitrogens with one attached hydrogen (secondary N) is 2. The van der Waals surface area contributed by atoms with Crippen molar-refractivity contribution in [2.75, 3.05) is 19.6 Å². The molecule has 1 heterocycles. The van der Waals surface area contributed by atoms with Gasteiger partial charge in [0.05, 0.1) is 11.5 Å². The van der Waals surface area contributed by atoms with E-state index in [1.54, 1.807) is 6.92 Å². The lowest BCUT2D eigenvalue weighted by atomic mass is 9.99. The lowest BCUT2D eigenvalue weighted by Crippen LogP contribution is -2.53. The number of amides is 1. The minimum atomic E-state index is -0.762. The highest BCUT2D eigenvalue weighted by atomic mass is 16.3. The van der Waals surface area contributed by atoms with Gasteiger partial charge in [-0.1, -0.05) is 13.3 Å². The molecule has 1 atom stereocenters. The van der Waals surface area contributed by atoms with Gasteiger partial charge in [-0.15, -0.1) is 0 Å². The average molecular weight is 200 g/mol. The number of hydrogen-bond donors (Lipinski definition) is 3. The molecule has 14 heavy (non-hydrogen) atoms. The molecule has 1 saturated heterocycles. The number of rotatable bonds is 5. The molecule has 4 nitrogen and oxygen atoms in total. The van der Waals surface area contributed by atoms with Crippen molar-refractivity contribution in [3.05, 3.63) is 0 Å². The summed E-state index contributed by atoms with van der Waals surface area (Å²) < 4.78 is 0. The molecule has 0 aromatic carbocycles. The van der Waals surface area contributed by atoms with Gasteiger partial charge in [-0.05, 0) is 13.3 Å². The Bertz CT molecular complexity index is 200. The second-order valence-electron chi connectivity index (χ2n) is 4.32. The number of hydrogen-bond acceptors (Lipinski definition) is 3. The summed E-state index contributed by atoms with van der Waals surface area (Å²) in [5.41, 5.74) is -0.762. The highest BCUT2D eigenvalue weighted by Gasteiger charge is 2.27. The van der Waals surface area contributed by atoms with Crippen molar-refractivity contribution < 1.29 is 9.90 Å². The first kappa shape index (κ1) is 11.5. The summed E-state index contributed by atoms with van der Waals surface area (Å²) >= 11 is 0. The lowest BCUT2D eigenvalue weighted by Gasteiger charge is -2.28. The third-order valence-corrected chi connectivity index (χ3v) is 2.58. The molecule has 0 aromatic rings. The number of carbonyl (C=O) groups excluding carboxylic acids is 1. The van der Waals surface area contributed by atoms with Gasteiger partial charge in [-0.25, -0.2) is 0 Å². The van der Waals surface area contributed by atoms with Crippen LogP contribution in [0.25, 0.3) is 0 Å². The number of carbonyl (C=O) groups is 1. The first-order chi connectivity index (χ1) is 6.55. The maximum Gasteiger partial charge on any atom is 0.225 e. The van der Waals surface area contributed by atoms with Crippen LogP contribution in [-0.4, -0.2) is 36.2 Å². The van der Waals surface area contributed by atoms with Crippen molar-refractivity contribution in [1.82, 2.24) is 10.6 Å². The molecule has 1 rings (SSSR count). The Morgan fingerprint density at radius 2 is 2.29 bits per heavy atom. The summed E-state index contributed by atoms with van der Waals surface area (Å²) in [6.45, 7) is 5.67. The molecule has 1 amide bonds. The summed E-state index contributed by atoms with van der Waals surface area (Å²) in [4.78, 5) is 11.4. The van der Waals surface area contributed by atoms with E-state index in [0.717, 1.165) is 25.9 Å². The molecule has 0 saturated carbocycles. The standard InChI is InChI=1S/C10H20N2O2/c1-3-4-10(2,14)7-12-9(13)8-5-11-6-8/h8,11,14H,3-7H2,1-2H3,(H,12,13). The first-order valence-corrected chi connectivity index (χ1v) is 5.26. The topological polar surface area (TPSA) is 61.4 Å². The van der Waals surface area contributed by atoms with Gasteiger partial charge in [0.15, 0.2) is 0 Å². The van der Waals surface area contributed by atoms with Crippen LogP contribution in [0.15, 0.2) is 0 Å². The molecule has 1 fully saturated rings. The van der Waals surface area contributed by atoms with Crippen molar-refractivity contribution in [1.29, 1.82) is 0 Å². The van der Waals surface area contributed by atoms with E-state index in [4.69, 9.17) is 0 Å². The molecule has 0 aromatic heterocycles. The smallest absolute Gasteiger partial charge is 0.225 e. The predicted molar refractivity (Wildman–Crippen MR) is 54.9 cm³/mol. The Balaban J connectivity index is 2.21. The van der Waals surface area contributed by atoms with Crippen LogP contribution in [-0.2, 0) is 4.79 Å². The van der Waals surface area contributed by atoms with E-state index in [-0.39, 0.29) is 11.8 Å². The van der Waals surface area contributed by atoms with Crippen molar-refractivity contribution in [2.24, 2.45) is 5.92 Å². The molecule has 82 valence electrons. The maximum atomic E-state index is 11.4. The van der Waals surface area contributed by atoms with Crippen molar-refractivity contribution in [3.8, 4) is 0 Å². The Labute approximate surface area is 85.1 Å². The molecular formula is C10H20N2O2. The fourth-order valence-corrected chi connectivity index (χ4v) is 1.52. The van der Waals surface area contributed by atoms with Gasteiger partial charge >= 0.3 is 0 Å². The van der Waals surface area contributed by atoms with Crippen molar-refractivity contribution >= 4 is 5.91 Å². The maximum absolute atomic E-state index is 11.4. The molecule has 0 spiro atoms. The summed E-state index contributed by atoms with van der Waals surface area (Å²) in [5.74, 6) is 0.160. The van der Waals surface area contributed by atoms with Crippen LogP contribution >= 0.6 is 0 Å². The van der Waals surface area contributed by atoms with Crippen LogP contribution < -0.4 is 10.6 Å². The van der Waals surface area contributed by atoms with Crippen LogP contribution in [0.3, 0.4) is 0 Å². The van der Waals surface area contributed by atoms with Crippen LogP contribution in [0.2, 0.25) is 0 Å². The lowest BCUT2D eigenvalue weighted by molar-refractivity contribution is -0.127. The van der Waals surface area contributed by atoms with Crippen LogP contribution in [0.4, 0.5) is 0 Å². The Hall–Kier alpha value is -0.610. The Morgan fingerprint density at radius 3 is 2.71 bits per heavy atom. The van der Waals surface area contributed by atoms with Gasteiger partial charge in [0, 0.05) is 19.6 Å². The largest absolute Gasteiger partial charge is 0.388 e. The fourth-order valence-electron chi connectivity index (χ4n) is 1.52. The van der Waals surface area contributed by atoms with Crippen LogP contribution in [0.5, 0.6) is 0 Å². The average Bonchev–Trinajstić information content (AvgIpc) is 1.98. The SMILES string of the molecule is CCCC(C)(O)CNC(=O)C1CNC1. The molecule has 4 heteroatoms. The summed E-state index contributed by atoms with van der Waals surface area (Å²) in [6, 6.07) is 0. The second-order valence-corrected chi connectivity index (χ2v) is 4.32. The monoisotopic (exact) mass is 200 g/mol. The zero-order valence-electron chi connectivity index (χ0n) is 8.97. The molecular weight excluding hydrogens is 180 g/mol. The Morgan fingerprint density at radius 1 is 1.64 bits per heavy atom. The fraction of sp³-hybridized carbons (Fsp3) is 0.900. The van der Waals surface area contributed by atoms with E-state index in [1.165, 1.54) is 0 Å². The normalized spacial score (nSPS) is 21.1. The van der Waals surface area contributed by atoms with E-state index in [1.807, 2.05) is 6.92 Å².